The number of halogens is 4. The fourth-order valence-corrected chi connectivity index (χ4v) is 7.06. The van der Waals surface area contributed by atoms with Gasteiger partial charge in [0.1, 0.15) is 28.1 Å². The molecule has 1 N–H and O–H groups in total. The number of aromatic hydroxyl groups is 1. The summed E-state index contributed by atoms with van der Waals surface area (Å²) in [6.45, 7) is 13.8. The fourth-order valence-electron chi connectivity index (χ4n) is 6.38. The van der Waals surface area contributed by atoms with E-state index in [1.807, 2.05) is 38.7 Å². The normalized spacial score (nSPS) is 19.8. The van der Waals surface area contributed by atoms with Crippen molar-refractivity contribution in [2.45, 2.75) is 46.7 Å². The number of carbonyl (C=O) groups excluding carboxylic acids is 1. The first-order valence-corrected chi connectivity index (χ1v) is 15.9. The average Bonchev–Trinajstić information content (AvgIpc) is 3.02. The second-order valence-corrected chi connectivity index (χ2v) is 13.0. The fraction of sp³-hybridized carbons (Fsp3) is 0.364. The Morgan fingerprint density at radius 1 is 1.24 bits per heavy atom. The molecule has 4 heterocycles. The van der Waals surface area contributed by atoms with Gasteiger partial charge in [0.05, 0.1) is 27.5 Å². The van der Waals surface area contributed by atoms with E-state index in [0.29, 0.717) is 36.4 Å². The summed E-state index contributed by atoms with van der Waals surface area (Å²) in [4.78, 5) is 40.1. The van der Waals surface area contributed by atoms with Crippen molar-refractivity contribution in [2.24, 2.45) is 16.8 Å². The lowest BCUT2D eigenvalue weighted by atomic mass is 9.88. The van der Waals surface area contributed by atoms with Gasteiger partial charge >= 0.3 is 0 Å². The lowest BCUT2D eigenvalue weighted by molar-refractivity contribution is -0.128. The Hall–Kier alpha value is -3.91. The number of anilines is 1. The van der Waals surface area contributed by atoms with Crippen LogP contribution in [0, 0.1) is 35.9 Å². The summed E-state index contributed by atoms with van der Waals surface area (Å²) in [6.07, 6.45) is 4.83. The minimum Gasteiger partial charge on any atom is -0.506 e. The lowest BCUT2D eigenvalue weighted by Gasteiger charge is -2.41. The largest absolute Gasteiger partial charge is 0.506 e. The summed E-state index contributed by atoms with van der Waals surface area (Å²) in [5.74, 6) is -2.08. The SMILES string of the molecule is C=CC(=O)N1CCN(c2c(C#N)c(=O)n(C3C(C(C)C)=NC=CC3C)c3nc(-c4c(C)c(Cl)c(F)c(Cl)c4O)c(Cl)cc23)C[C@H]1C. The van der Waals surface area contributed by atoms with Crippen molar-refractivity contribution >= 4 is 63.1 Å². The summed E-state index contributed by atoms with van der Waals surface area (Å²) in [6, 6.07) is 2.84. The van der Waals surface area contributed by atoms with Gasteiger partial charge in [-0.25, -0.2) is 9.37 Å². The van der Waals surface area contributed by atoms with Crippen LogP contribution in [0.5, 0.6) is 5.75 Å². The number of piperazine rings is 1. The Morgan fingerprint density at radius 2 is 1.93 bits per heavy atom. The molecule has 3 atom stereocenters. The van der Waals surface area contributed by atoms with Crippen molar-refractivity contribution in [3.05, 3.63) is 73.4 Å². The second-order valence-electron chi connectivity index (χ2n) is 11.9. The quantitative estimate of drug-likeness (QED) is 0.227. The molecule has 2 aliphatic heterocycles. The first-order chi connectivity index (χ1) is 21.7. The number of aromatic nitrogens is 2. The number of aliphatic imine (C=N–C) groups is 1. The minimum absolute atomic E-state index is 0.00715. The maximum absolute atomic E-state index is 14.7. The second kappa shape index (κ2) is 12.7. The summed E-state index contributed by atoms with van der Waals surface area (Å²) in [5.41, 5.74) is 0.701. The zero-order valence-electron chi connectivity index (χ0n) is 25.9. The molecule has 1 saturated heterocycles. The topological polar surface area (TPSA) is 115 Å². The van der Waals surface area contributed by atoms with Crippen LogP contribution < -0.4 is 10.5 Å². The van der Waals surface area contributed by atoms with E-state index < -0.39 is 28.2 Å². The number of nitriles is 1. The average molecular weight is 686 g/mol. The van der Waals surface area contributed by atoms with E-state index in [0.717, 1.165) is 0 Å². The Labute approximate surface area is 280 Å². The third kappa shape index (κ3) is 5.34. The summed E-state index contributed by atoms with van der Waals surface area (Å²) >= 11 is 19.3. The first kappa shape index (κ1) is 33.5. The minimum atomic E-state index is -0.986. The third-order valence-electron chi connectivity index (χ3n) is 8.68. The smallest absolute Gasteiger partial charge is 0.272 e. The lowest BCUT2D eigenvalue weighted by Crippen LogP contribution is -2.54. The van der Waals surface area contributed by atoms with Gasteiger partial charge in [-0.1, -0.05) is 68.2 Å². The highest BCUT2D eigenvalue weighted by Gasteiger charge is 2.36. The van der Waals surface area contributed by atoms with Crippen LogP contribution in [0.4, 0.5) is 10.1 Å². The first-order valence-electron chi connectivity index (χ1n) is 14.7. The molecular weight excluding hydrogens is 654 g/mol. The van der Waals surface area contributed by atoms with Crippen LogP contribution in [-0.4, -0.2) is 56.9 Å². The van der Waals surface area contributed by atoms with Gasteiger partial charge in [0.25, 0.3) is 5.56 Å². The highest BCUT2D eigenvalue weighted by molar-refractivity contribution is 6.38. The van der Waals surface area contributed by atoms with Gasteiger partial charge in [-0.2, -0.15) is 5.26 Å². The van der Waals surface area contributed by atoms with Crippen molar-refractivity contribution in [2.75, 3.05) is 24.5 Å². The van der Waals surface area contributed by atoms with Crippen molar-refractivity contribution < 1.29 is 14.3 Å². The highest BCUT2D eigenvalue weighted by Crippen LogP contribution is 2.46. The number of benzene rings is 1. The molecular formula is C33H32Cl3FN6O3. The van der Waals surface area contributed by atoms with E-state index in [2.05, 4.69) is 17.6 Å². The molecule has 1 aromatic carbocycles. The Balaban J connectivity index is 1.89. The molecule has 2 aromatic heterocycles. The maximum atomic E-state index is 14.7. The third-order valence-corrected chi connectivity index (χ3v) is 9.76. The number of fused-ring (bicyclic) bond motifs is 1. The zero-order valence-corrected chi connectivity index (χ0v) is 28.2. The molecule has 2 aliphatic rings. The van der Waals surface area contributed by atoms with Gasteiger partial charge < -0.3 is 14.9 Å². The molecule has 3 aromatic rings. The summed E-state index contributed by atoms with van der Waals surface area (Å²) in [5, 5.41) is 21.0. The monoisotopic (exact) mass is 684 g/mol. The highest BCUT2D eigenvalue weighted by atomic mass is 35.5. The van der Waals surface area contributed by atoms with E-state index >= 15 is 0 Å². The van der Waals surface area contributed by atoms with Crippen LogP contribution in [0.2, 0.25) is 15.1 Å². The number of amides is 1. The van der Waals surface area contributed by atoms with Crippen LogP contribution in [0.15, 0.2) is 40.8 Å². The van der Waals surface area contributed by atoms with Crippen LogP contribution in [-0.2, 0) is 4.79 Å². The molecule has 0 spiro atoms. The molecule has 0 radical (unpaired) electrons. The molecule has 9 nitrogen and oxygen atoms in total. The van der Waals surface area contributed by atoms with E-state index in [4.69, 9.17) is 39.8 Å². The Bertz CT molecular complexity index is 1940. The molecule has 1 amide bonds. The molecule has 1 fully saturated rings. The number of allylic oxidation sites excluding steroid dienone is 1. The summed E-state index contributed by atoms with van der Waals surface area (Å²) in [7, 11) is 0. The van der Waals surface area contributed by atoms with Crippen molar-refractivity contribution in [1.29, 1.82) is 5.26 Å². The van der Waals surface area contributed by atoms with Crippen molar-refractivity contribution in [3.63, 3.8) is 0 Å². The molecule has 0 aliphatic carbocycles. The number of phenolic OH excluding ortho intramolecular Hbond substituents is 1. The van der Waals surface area contributed by atoms with Gasteiger partial charge in [0, 0.05) is 54.5 Å². The van der Waals surface area contributed by atoms with Gasteiger partial charge in [-0.05, 0) is 37.5 Å². The molecule has 0 bridgehead atoms. The number of phenols is 1. The summed E-state index contributed by atoms with van der Waals surface area (Å²) < 4.78 is 16.2. The van der Waals surface area contributed by atoms with Gasteiger partial charge in [-0.3, -0.25) is 19.1 Å². The van der Waals surface area contributed by atoms with Gasteiger partial charge in [0.15, 0.2) is 5.82 Å². The van der Waals surface area contributed by atoms with Gasteiger partial charge in [0.2, 0.25) is 5.91 Å². The molecule has 0 saturated carbocycles. The Morgan fingerprint density at radius 3 is 2.54 bits per heavy atom. The zero-order chi connectivity index (χ0) is 33.8. The standard InChI is InChI=1S/C33H32Cl3FN6O3/c1-7-22(44)42-11-10-41(14-17(42)5)30-19-12-21(34)28(23-18(6)24(35)26(37)25(36)31(23)45)40-32(19)43(33(46)20(30)13-38)29-16(4)8-9-39-27(29)15(2)3/h7-9,12,15-17,29,45H,1,10-11,14H2,2-6H3/t16?,17-,29?/m1/s1. The molecule has 46 heavy (non-hydrogen) atoms. The van der Waals surface area contributed by atoms with Crippen molar-refractivity contribution in [1.82, 2.24) is 14.5 Å². The molecule has 240 valence electrons. The number of hydrogen-bond donors (Lipinski definition) is 1. The van der Waals surface area contributed by atoms with Crippen LogP contribution in [0.25, 0.3) is 22.3 Å². The Kier molecular flexibility index (Phi) is 9.24. The van der Waals surface area contributed by atoms with E-state index in [1.54, 1.807) is 17.2 Å². The predicted molar refractivity (Wildman–Crippen MR) is 181 cm³/mol. The van der Waals surface area contributed by atoms with E-state index in [1.165, 1.54) is 17.6 Å². The number of rotatable bonds is 5. The van der Waals surface area contributed by atoms with Crippen LogP contribution in [0.1, 0.15) is 44.9 Å². The molecule has 2 unspecified atom stereocenters. The number of pyridine rings is 2. The molecule has 5 rings (SSSR count). The maximum Gasteiger partial charge on any atom is 0.272 e. The predicted octanol–water partition coefficient (Wildman–Crippen LogP) is 7.07. The van der Waals surface area contributed by atoms with Crippen LogP contribution >= 0.6 is 34.8 Å². The van der Waals surface area contributed by atoms with Crippen LogP contribution in [0.3, 0.4) is 0 Å². The molecule has 13 heteroatoms. The van der Waals surface area contributed by atoms with E-state index in [-0.39, 0.29) is 61.9 Å². The number of carbonyl (C=O) groups is 1. The number of hydrogen-bond acceptors (Lipinski definition) is 7. The van der Waals surface area contributed by atoms with E-state index in [9.17, 15) is 24.3 Å². The van der Waals surface area contributed by atoms with Crippen molar-refractivity contribution in [3.8, 4) is 23.1 Å². The number of nitrogens with zero attached hydrogens (tertiary/aromatic N) is 6. The van der Waals surface area contributed by atoms with Gasteiger partial charge in [-0.15, -0.1) is 0 Å².